The molecule has 0 radical (unpaired) electrons. The summed E-state index contributed by atoms with van der Waals surface area (Å²) in [5, 5.41) is 0. The van der Waals surface area contributed by atoms with Gasteiger partial charge in [0.25, 0.3) is 0 Å². The number of para-hydroxylation sites is 1. The summed E-state index contributed by atoms with van der Waals surface area (Å²) in [5.41, 5.74) is 4.83. The molecule has 4 rings (SSSR count). The van der Waals surface area contributed by atoms with Crippen LogP contribution in [0.1, 0.15) is 42.9 Å². The lowest BCUT2D eigenvalue weighted by atomic mass is 9.88. The van der Waals surface area contributed by atoms with E-state index in [9.17, 15) is 0 Å². The minimum Gasteiger partial charge on any atom is -0.371 e. The van der Waals surface area contributed by atoms with Crippen molar-refractivity contribution in [1.82, 2.24) is 4.90 Å². The van der Waals surface area contributed by atoms with E-state index < -0.39 is 0 Å². The Kier molecular flexibility index (Phi) is 2.58. The van der Waals surface area contributed by atoms with Gasteiger partial charge in [0.1, 0.15) is 0 Å². The number of hydrogen-bond acceptors (Lipinski definition) is 2. The highest BCUT2D eigenvalue weighted by Crippen LogP contribution is 2.42. The van der Waals surface area contributed by atoms with Gasteiger partial charge in [0.05, 0.1) is 0 Å². The van der Waals surface area contributed by atoms with E-state index in [0.717, 1.165) is 0 Å². The molecule has 2 nitrogen and oxygen atoms in total. The van der Waals surface area contributed by atoms with Crippen molar-refractivity contribution >= 4 is 5.69 Å². The molecule has 1 atom stereocenters. The average molecular weight is 242 g/mol. The maximum absolute atomic E-state index is 2.72. The van der Waals surface area contributed by atoms with Gasteiger partial charge in [-0.2, -0.15) is 0 Å². The summed E-state index contributed by atoms with van der Waals surface area (Å²) in [6.45, 7) is 5.17. The Balaban J connectivity index is 1.77. The highest BCUT2D eigenvalue weighted by Gasteiger charge is 2.33. The fourth-order valence-electron chi connectivity index (χ4n) is 4.13. The normalized spacial score (nSPS) is 27.3. The van der Waals surface area contributed by atoms with Crippen molar-refractivity contribution in [3.05, 3.63) is 29.3 Å². The number of hydrogen-bond donors (Lipinski definition) is 0. The molecule has 2 heteroatoms. The number of nitrogens with zero attached hydrogens (tertiary/aromatic N) is 2. The molecule has 1 aromatic rings. The molecule has 1 saturated heterocycles. The second-order valence-corrected chi connectivity index (χ2v) is 5.99. The maximum atomic E-state index is 2.72. The lowest BCUT2D eigenvalue weighted by Crippen LogP contribution is -2.40. The maximum Gasteiger partial charge on any atom is 0.0447 e. The molecule has 1 unspecified atom stereocenters. The van der Waals surface area contributed by atoms with Gasteiger partial charge in [-0.3, -0.25) is 4.90 Å². The molecule has 0 bridgehead atoms. The number of rotatable bonds is 1. The fourth-order valence-corrected chi connectivity index (χ4v) is 4.13. The zero-order chi connectivity index (χ0) is 11.9. The zero-order valence-electron chi connectivity index (χ0n) is 11.1. The number of likely N-dealkylation sites (tertiary alicyclic amines) is 1. The number of anilines is 1. The van der Waals surface area contributed by atoms with Gasteiger partial charge in [-0.1, -0.05) is 18.2 Å². The van der Waals surface area contributed by atoms with Crippen molar-refractivity contribution in [3.8, 4) is 0 Å². The van der Waals surface area contributed by atoms with E-state index in [2.05, 4.69) is 28.0 Å². The van der Waals surface area contributed by atoms with Gasteiger partial charge in [-0.05, 0) is 56.3 Å². The first kappa shape index (κ1) is 10.9. The van der Waals surface area contributed by atoms with E-state index in [1.807, 2.05) is 0 Å². The van der Waals surface area contributed by atoms with Gasteiger partial charge in [-0.15, -0.1) is 0 Å². The van der Waals surface area contributed by atoms with Gasteiger partial charge in [-0.25, -0.2) is 0 Å². The Hall–Kier alpha value is -1.02. The van der Waals surface area contributed by atoms with Crippen LogP contribution in [0.2, 0.25) is 0 Å². The van der Waals surface area contributed by atoms with E-state index >= 15 is 0 Å². The molecule has 3 aliphatic rings. The first-order chi connectivity index (χ1) is 8.93. The van der Waals surface area contributed by atoms with Gasteiger partial charge < -0.3 is 4.90 Å². The third kappa shape index (κ3) is 1.58. The first-order valence-corrected chi connectivity index (χ1v) is 7.54. The van der Waals surface area contributed by atoms with Crippen LogP contribution in [0.3, 0.4) is 0 Å². The number of aryl methyl sites for hydroxylation is 1. The minimum absolute atomic E-state index is 0.705. The quantitative estimate of drug-likeness (QED) is 0.747. The summed E-state index contributed by atoms with van der Waals surface area (Å²) in [6.07, 6.45) is 6.75. The number of benzene rings is 1. The third-order valence-corrected chi connectivity index (χ3v) is 4.95. The summed E-state index contributed by atoms with van der Waals surface area (Å²) in [4.78, 5) is 5.36. The summed E-state index contributed by atoms with van der Waals surface area (Å²) in [7, 11) is 0. The molecule has 1 aromatic carbocycles. The molecule has 1 fully saturated rings. The molecule has 0 saturated carbocycles. The smallest absolute Gasteiger partial charge is 0.0447 e. The Labute approximate surface area is 110 Å². The molecule has 3 heterocycles. The van der Waals surface area contributed by atoms with E-state index in [4.69, 9.17) is 0 Å². The van der Waals surface area contributed by atoms with E-state index in [0.29, 0.717) is 6.04 Å². The van der Waals surface area contributed by atoms with Crippen LogP contribution < -0.4 is 4.90 Å². The molecule has 18 heavy (non-hydrogen) atoms. The average Bonchev–Trinajstić information content (AvgIpc) is 2.94. The van der Waals surface area contributed by atoms with Crippen molar-refractivity contribution in [1.29, 1.82) is 0 Å². The molecule has 0 spiro atoms. The molecule has 0 amide bonds. The Morgan fingerprint density at radius 1 is 0.944 bits per heavy atom. The SMILES string of the molecule is c1cc2c3c(c1)C(N1CCCC1)CCN3CCC2. The zero-order valence-corrected chi connectivity index (χ0v) is 11.1. The van der Waals surface area contributed by atoms with Crippen molar-refractivity contribution in [2.45, 2.75) is 38.1 Å². The van der Waals surface area contributed by atoms with Crippen LogP contribution in [0, 0.1) is 0 Å². The second-order valence-electron chi connectivity index (χ2n) is 5.99. The van der Waals surface area contributed by atoms with Crippen molar-refractivity contribution in [3.63, 3.8) is 0 Å². The summed E-state index contributed by atoms with van der Waals surface area (Å²) in [5.74, 6) is 0. The summed E-state index contributed by atoms with van der Waals surface area (Å²) in [6, 6.07) is 7.72. The van der Waals surface area contributed by atoms with E-state index in [1.165, 1.54) is 58.3 Å². The second kappa shape index (κ2) is 4.27. The largest absolute Gasteiger partial charge is 0.371 e. The predicted molar refractivity (Wildman–Crippen MR) is 75.1 cm³/mol. The lowest BCUT2D eigenvalue weighted by Gasteiger charge is -2.42. The highest BCUT2D eigenvalue weighted by atomic mass is 15.2. The van der Waals surface area contributed by atoms with Gasteiger partial charge >= 0.3 is 0 Å². The Bertz CT molecular complexity index is 448. The third-order valence-electron chi connectivity index (χ3n) is 4.95. The predicted octanol–water partition coefficient (Wildman–Crippen LogP) is 2.98. The minimum atomic E-state index is 0.705. The van der Waals surface area contributed by atoms with Crippen molar-refractivity contribution in [2.24, 2.45) is 0 Å². The Morgan fingerprint density at radius 3 is 2.72 bits per heavy atom. The van der Waals surface area contributed by atoms with Gasteiger partial charge in [0, 0.05) is 24.8 Å². The highest BCUT2D eigenvalue weighted by molar-refractivity contribution is 5.63. The topological polar surface area (TPSA) is 6.48 Å². The lowest BCUT2D eigenvalue weighted by molar-refractivity contribution is 0.228. The molecule has 96 valence electrons. The first-order valence-electron chi connectivity index (χ1n) is 7.54. The molecule has 3 aliphatic heterocycles. The van der Waals surface area contributed by atoms with Crippen molar-refractivity contribution in [2.75, 3.05) is 31.1 Å². The molecule has 0 aromatic heterocycles. The summed E-state index contributed by atoms with van der Waals surface area (Å²) < 4.78 is 0. The monoisotopic (exact) mass is 242 g/mol. The molecule has 0 N–H and O–H groups in total. The van der Waals surface area contributed by atoms with Crippen LogP contribution >= 0.6 is 0 Å². The van der Waals surface area contributed by atoms with Crippen LogP contribution in [0.25, 0.3) is 0 Å². The molecular formula is C16H22N2. The van der Waals surface area contributed by atoms with E-state index in [-0.39, 0.29) is 0 Å². The van der Waals surface area contributed by atoms with Crippen LogP contribution in [0.5, 0.6) is 0 Å². The van der Waals surface area contributed by atoms with E-state index in [1.54, 1.807) is 16.8 Å². The van der Waals surface area contributed by atoms with Crippen LogP contribution in [-0.4, -0.2) is 31.1 Å². The standard InChI is InChI=1S/C16H22N2/c1-2-10-17(9-1)15-8-12-18-11-4-6-13-5-3-7-14(15)16(13)18/h3,5,7,15H,1-2,4,6,8-12H2. The van der Waals surface area contributed by atoms with Crippen LogP contribution in [0.4, 0.5) is 5.69 Å². The fraction of sp³-hybridized carbons (Fsp3) is 0.625. The molecular weight excluding hydrogens is 220 g/mol. The summed E-state index contributed by atoms with van der Waals surface area (Å²) >= 11 is 0. The van der Waals surface area contributed by atoms with Crippen LogP contribution in [-0.2, 0) is 6.42 Å². The molecule has 0 aliphatic carbocycles. The van der Waals surface area contributed by atoms with Crippen molar-refractivity contribution < 1.29 is 0 Å². The van der Waals surface area contributed by atoms with Crippen LogP contribution in [0.15, 0.2) is 18.2 Å². The van der Waals surface area contributed by atoms with Gasteiger partial charge in [0.2, 0.25) is 0 Å². The Morgan fingerprint density at radius 2 is 1.83 bits per heavy atom. The van der Waals surface area contributed by atoms with Gasteiger partial charge in [0.15, 0.2) is 0 Å².